The zero-order valence-electron chi connectivity index (χ0n) is 9.05. The summed E-state index contributed by atoms with van der Waals surface area (Å²) in [5.41, 5.74) is -0.853. The number of ketones is 1. The lowest BCUT2D eigenvalue weighted by Gasteiger charge is -2.08. The first kappa shape index (κ1) is 12.8. The standard InChI is InChI=1S/C11H6ClF3N2O/c1-5(18)10-16-8-4-6(11(13,14)15)2-3-7(8)9(12)17-10/h2-4H,1H3. The van der Waals surface area contributed by atoms with Crippen molar-refractivity contribution < 1.29 is 18.0 Å². The van der Waals surface area contributed by atoms with Crippen LogP contribution in [0.25, 0.3) is 10.9 Å². The Morgan fingerprint density at radius 2 is 1.94 bits per heavy atom. The minimum atomic E-state index is -4.47. The number of rotatable bonds is 1. The average Bonchev–Trinajstić information content (AvgIpc) is 2.26. The van der Waals surface area contributed by atoms with E-state index < -0.39 is 17.5 Å². The highest BCUT2D eigenvalue weighted by Gasteiger charge is 2.30. The Bertz CT molecular complexity index is 640. The lowest BCUT2D eigenvalue weighted by molar-refractivity contribution is -0.137. The highest BCUT2D eigenvalue weighted by molar-refractivity contribution is 6.34. The van der Waals surface area contributed by atoms with Gasteiger partial charge in [0.05, 0.1) is 11.1 Å². The first-order valence-corrected chi connectivity index (χ1v) is 5.22. The molecule has 18 heavy (non-hydrogen) atoms. The van der Waals surface area contributed by atoms with Crippen molar-refractivity contribution >= 4 is 28.3 Å². The number of hydrogen-bond donors (Lipinski definition) is 0. The molecule has 94 valence electrons. The predicted octanol–water partition coefficient (Wildman–Crippen LogP) is 3.50. The molecule has 0 radical (unpaired) electrons. The maximum Gasteiger partial charge on any atom is 0.416 e. The van der Waals surface area contributed by atoms with E-state index in [2.05, 4.69) is 9.97 Å². The van der Waals surface area contributed by atoms with Gasteiger partial charge in [-0.05, 0) is 18.2 Å². The van der Waals surface area contributed by atoms with E-state index in [1.54, 1.807) is 0 Å². The van der Waals surface area contributed by atoms with Crippen LogP contribution in [0.5, 0.6) is 0 Å². The predicted molar refractivity (Wildman–Crippen MR) is 59.6 cm³/mol. The minimum absolute atomic E-state index is 0.00461. The molecule has 0 bridgehead atoms. The number of benzene rings is 1. The zero-order chi connectivity index (χ0) is 13.5. The van der Waals surface area contributed by atoms with E-state index in [1.807, 2.05) is 0 Å². The molecule has 0 aliphatic rings. The van der Waals surface area contributed by atoms with Crippen LogP contribution in [0.3, 0.4) is 0 Å². The average molecular weight is 275 g/mol. The summed E-state index contributed by atoms with van der Waals surface area (Å²) in [4.78, 5) is 18.6. The van der Waals surface area contributed by atoms with E-state index in [-0.39, 0.29) is 21.9 Å². The third-order valence-corrected chi connectivity index (χ3v) is 2.58. The van der Waals surface area contributed by atoms with Gasteiger partial charge < -0.3 is 0 Å². The van der Waals surface area contributed by atoms with Crippen molar-refractivity contribution in [2.75, 3.05) is 0 Å². The summed E-state index contributed by atoms with van der Waals surface area (Å²) in [5, 5.41) is 0.230. The largest absolute Gasteiger partial charge is 0.416 e. The zero-order valence-corrected chi connectivity index (χ0v) is 9.80. The molecule has 2 rings (SSSR count). The molecule has 0 spiro atoms. The molecule has 0 saturated heterocycles. The lowest BCUT2D eigenvalue weighted by Crippen LogP contribution is -2.06. The number of alkyl halides is 3. The number of nitrogens with zero attached hydrogens (tertiary/aromatic N) is 2. The molecule has 0 N–H and O–H groups in total. The van der Waals surface area contributed by atoms with E-state index in [0.29, 0.717) is 0 Å². The Morgan fingerprint density at radius 1 is 1.28 bits per heavy atom. The van der Waals surface area contributed by atoms with Crippen LogP contribution in [0.1, 0.15) is 23.1 Å². The number of Topliss-reactive ketones (excluding diaryl/α,β-unsaturated/α-hetero) is 1. The van der Waals surface area contributed by atoms with Gasteiger partial charge in [-0.25, -0.2) is 9.97 Å². The van der Waals surface area contributed by atoms with Gasteiger partial charge >= 0.3 is 6.18 Å². The third-order valence-electron chi connectivity index (χ3n) is 2.29. The van der Waals surface area contributed by atoms with E-state index in [4.69, 9.17) is 11.6 Å². The smallest absolute Gasteiger partial charge is 0.291 e. The SMILES string of the molecule is CC(=O)c1nc(Cl)c2ccc(C(F)(F)F)cc2n1. The molecule has 0 amide bonds. The summed E-state index contributed by atoms with van der Waals surface area (Å²) < 4.78 is 37.6. The Kier molecular flexibility index (Phi) is 2.98. The molecule has 0 aliphatic carbocycles. The van der Waals surface area contributed by atoms with E-state index in [1.165, 1.54) is 13.0 Å². The summed E-state index contributed by atoms with van der Waals surface area (Å²) in [7, 11) is 0. The van der Waals surface area contributed by atoms with Gasteiger partial charge in [0, 0.05) is 12.3 Å². The molecule has 0 saturated carbocycles. The Labute approximate surface area is 105 Å². The second kappa shape index (κ2) is 4.20. The fourth-order valence-corrected chi connectivity index (χ4v) is 1.66. The van der Waals surface area contributed by atoms with Gasteiger partial charge in [-0.15, -0.1) is 0 Å². The first-order chi connectivity index (χ1) is 8.29. The topological polar surface area (TPSA) is 42.9 Å². The van der Waals surface area contributed by atoms with Gasteiger partial charge in [-0.1, -0.05) is 11.6 Å². The van der Waals surface area contributed by atoms with Crippen LogP contribution in [-0.4, -0.2) is 15.8 Å². The Morgan fingerprint density at radius 3 is 2.50 bits per heavy atom. The molecular weight excluding hydrogens is 269 g/mol. The van der Waals surface area contributed by atoms with Crippen LogP contribution in [0.15, 0.2) is 18.2 Å². The number of carbonyl (C=O) groups is 1. The lowest BCUT2D eigenvalue weighted by atomic mass is 10.1. The highest BCUT2D eigenvalue weighted by atomic mass is 35.5. The molecule has 0 unspecified atom stereocenters. The number of fused-ring (bicyclic) bond motifs is 1. The fourth-order valence-electron chi connectivity index (χ4n) is 1.42. The Hall–Kier alpha value is -1.69. The minimum Gasteiger partial charge on any atom is -0.291 e. The van der Waals surface area contributed by atoms with Gasteiger partial charge in [0.25, 0.3) is 0 Å². The van der Waals surface area contributed by atoms with Gasteiger partial charge in [0.2, 0.25) is 0 Å². The van der Waals surface area contributed by atoms with Crippen molar-refractivity contribution in [2.24, 2.45) is 0 Å². The van der Waals surface area contributed by atoms with Crippen LogP contribution in [-0.2, 0) is 6.18 Å². The summed E-state index contributed by atoms with van der Waals surface area (Å²) >= 11 is 5.79. The highest BCUT2D eigenvalue weighted by Crippen LogP contribution is 2.32. The quantitative estimate of drug-likeness (QED) is 0.590. The molecule has 1 aromatic heterocycles. The number of halogens is 4. The van der Waals surface area contributed by atoms with Crippen molar-refractivity contribution in [2.45, 2.75) is 13.1 Å². The molecule has 1 heterocycles. The van der Waals surface area contributed by atoms with Crippen molar-refractivity contribution in [1.82, 2.24) is 9.97 Å². The van der Waals surface area contributed by atoms with Gasteiger partial charge in [0.1, 0.15) is 5.15 Å². The van der Waals surface area contributed by atoms with Crippen LogP contribution in [0, 0.1) is 0 Å². The van der Waals surface area contributed by atoms with Crippen molar-refractivity contribution in [3.63, 3.8) is 0 Å². The molecule has 0 atom stereocenters. The summed E-state index contributed by atoms with van der Waals surface area (Å²) in [5.74, 6) is -0.664. The van der Waals surface area contributed by atoms with Crippen molar-refractivity contribution in [3.8, 4) is 0 Å². The second-order valence-electron chi connectivity index (χ2n) is 3.62. The maximum absolute atomic E-state index is 12.5. The first-order valence-electron chi connectivity index (χ1n) is 4.84. The van der Waals surface area contributed by atoms with Crippen LogP contribution in [0.4, 0.5) is 13.2 Å². The molecular formula is C11H6ClF3N2O. The van der Waals surface area contributed by atoms with Gasteiger partial charge in [0.15, 0.2) is 11.6 Å². The maximum atomic E-state index is 12.5. The molecule has 7 heteroatoms. The summed E-state index contributed by atoms with van der Waals surface area (Å²) in [6, 6.07) is 2.92. The normalized spacial score (nSPS) is 11.8. The molecule has 0 aliphatic heterocycles. The molecule has 0 fully saturated rings. The van der Waals surface area contributed by atoms with E-state index in [9.17, 15) is 18.0 Å². The van der Waals surface area contributed by atoms with Gasteiger partial charge in [-0.2, -0.15) is 13.2 Å². The second-order valence-corrected chi connectivity index (χ2v) is 3.98. The summed E-state index contributed by atoms with van der Waals surface area (Å²) in [6.45, 7) is 1.21. The van der Waals surface area contributed by atoms with E-state index >= 15 is 0 Å². The van der Waals surface area contributed by atoms with Crippen LogP contribution < -0.4 is 0 Å². The Balaban J connectivity index is 2.72. The van der Waals surface area contributed by atoms with Crippen molar-refractivity contribution in [1.29, 1.82) is 0 Å². The molecule has 3 nitrogen and oxygen atoms in total. The molecule has 1 aromatic carbocycles. The van der Waals surface area contributed by atoms with Crippen molar-refractivity contribution in [3.05, 3.63) is 34.7 Å². The number of aromatic nitrogens is 2. The van der Waals surface area contributed by atoms with Crippen LogP contribution in [0.2, 0.25) is 5.15 Å². The number of carbonyl (C=O) groups excluding carboxylic acids is 1. The van der Waals surface area contributed by atoms with Crippen LogP contribution >= 0.6 is 11.6 Å². The van der Waals surface area contributed by atoms with Gasteiger partial charge in [-0.3, -0.25) is 4.79 Å². The summed E-state index contributed by atoms with van der Waals surface area (Å²) in [6.07, 6.45) is -4.47. The third kappa shape index (κ3) is 2.28. The number of hydrogen-bond acceptors (Lipinski definition) is 3. The molecule has 2 aromatic rings. The fraction of sp³-hybridized carbons (Fsp3) is 0.182. The monoisotopic (exact) mass is 274 g/mol. The van der Waals surface area contributed by atoms with E-state index in [0.717, 1.165) is 12.1 Å².